The van der Waals surface area contributed by atoms with E-state index in [0.29, 0.717) is 32.8 Å². The summed E-state index contributed by atoms with van der Waals surface area (Å²) in [6.07, 6.45) is -0.0535. The van der Waals surface area contributed by atoms with Crippen LogP contribution in [0.5, 0.6) is 11.5 Å². The minimum Gasteiger partial charge on any atom is -0.493 e. The van der Waals surface area contributed by atoms with Gasteiger partial charge in [-0.3, -0.25) is 9.59 Å². The van der Waals surface area contributed by atoms with Crippen LogP contribution in [0.2, 0.25) is 0 Å². The van der Waals surface area contributed by atoms with Gasteiger partial charge >= 0.3 is 11.9 Å². The zero-order chi connectivity index (χ0) is 21.4. The second-order valence-corrected chi connectivity index (χ2v) is 6.61. The Balaban J connectivity index is 1.89. The molecule has 0 aromatic heterocycles. The molecule has 1 amide bonds. The molecule has 0 bridgehead atoms. The molecule has 0 unspecified atom stereocenters. The van der Waals surface area contributed by atoms with E-state index >= 15 is 0 Å². The highest BCUT2D eigenvalue weighted by molar-refractivity contribution is 9.10. The van der Waals surface area contributed by atoms with Crippen LogP contribution in [0.1, 0.15) is 15.9 Å². The third kappa shape index (κ3) is 6.21. The van der Waals surface area contributed by atoms with Crippen molar-refractivity contribution in [2.75, 3.05) is 33.3 Å². The average molecular weight is 466 g/mol. The van der Waals surface area contributed by atoms with Crippen LogP contribution >= 0.6 is 15.9 Å². The lowest BCUT2D eigenvalue weighted by molar-refractivity contribution is -0.146. The number of hydrogen-bond acceptors (Lipinski definition) is 7. The van der Waals surface area contributed by atoms with Crippen LogP contribution in [0, 0.1) is 0 Å². The van der Waals surface area contributed by atoms with Crippen molar-refractivity contribution in [1.82, 2.24) is 0 Å². The van der Waals surface area contributed by atoms with Crippen LogP contribution in [-0.4, -0.2) is 45.8 Å². The van der Waals surface area contributed by atoms with Crippen LogP contribution in [0.15, 0.2) is 40.9 Å². The molecule has 154 valence electrons. The van der Waals surface area contributed by atoms with E-state index in [-0.39, 0.29) is 6.42 Å². The molecular formula is C20H20BrNO7. The minimum absolute atomic E-state index is 0.0535. The molecule has 29 heavy (non-hydrogen) atoms. The summed E-state index contributed by atoms with van der Waals surface area (Å²) in [4.78, 5) is 35.4. The zero-order valence-corrected chi connectivity index (χ0v) is 17.7. The maximum absolute atomic E-state index is 12.1. The monoisotopic (exact) mass is 465 g/mol. The van der Waals surface area contributed by atoms with Gasteiger partial charge in [0, 0.05) is 10.2 Å². The van der Waals surface area contributed by atoms with Crippen molar-refractivity contribution in [3.05, 3.63) is 52.0 Å². The Kier molecular flexibility index (Phi) is 8.02. The quantitative estimate of drug-likeness (QED) is 0.597. The summed E-state index contributed by atoms with van der Waals surface area (Å²) in [6, 6.07) is 9.47. The van der Waals surface area contributed by atoms with E-state index in [9.17, 15) is 14.4 Å². The number of amides is 1. The number of halogens is 1. The number of hydrogen-bond donors (Lipinski definition) is 1. The summed E-state index contributed by atoms with van der Waals surface area (Å²) in [5, 5.41) is 2.58. The maximum Gasteiger partial charge on any atom is 0.337 e. The van der Waals surface area contributed by atoms with Gasteiger partial charge in [-0.1, -0.05) is 15.9 Å². The Morgan fingerprint density at radius 2 is 1.59 bits per heavy atom. The van der Waals surface area contributed by atoms with Crippen LogP contribution in [0.25, 0.3) is 0 Å². The van der Waals surface area contributed by atoms with Crippen LogP contribution < -0.4 is 14.8 Å². The van der Waals surface area contributed by atoms with Crippen molar-refractivity contribution in [3.8, 4) is 11.5 Å². The summed E-state index contributed by atoms with van der Waals surface area (Å²) in [6.45, 7) is -0.442. The van der Waals surface area contributed by atoms with Crippen molar-refractivity contribution in [2.45, 2.75) is 6.42 Å². The fourth-order valence-electron chi connectivity index (χ4n) is 2.39. The first kappa shape index (κ1) is 22.2. The van der Waals surface area contributed by atoms with E-state index in [4.69, 9.17) is 14.2 Å². The van der Waals surface area contributed by atoms with Gasteiger partial charge in [-0.25, -0.2) is 4.79 Å². The lowest BCUT2D eigenvalue weighted by atomic mass is 10.1. The van der Waals surface area contributed by atoms with Gasteiger partial charge in [0.15, 0.2) is 18.1 Å². The SMILES string of the molecule is COC(=O)c1ccc(NC(=O)COC(=O)Cc2cc(OC)c(OC)cc2Br)cc1. The summed E-state index contributed by atoms with van der Waals surface area (Å²) in [5.41, 5.74) is 1.45. The lowest BCUT2D eigenvalue weighted by Gasteiger charge is -2.12. The fourth-order valence-corrected chi connectivity index (χ4v) is 2.85. The van der Waals surface area contributed by atoms with Gasteiger partial charge in [0.2, 0.25) is 0 Å². The molecule has 0 spiro atoms. The molecule has 0 saturated heterocycles. The normalized spacial score (nSPS) is 10.1. The Morgan fingerprint density at radius 1 is 0.966 bits per heavy atom. The number of rotatable bonds is 8. The lowest BCUT2D eigenvalue weighted by Crippen LogP contribution is -2.21. The zero-order valence-electron chi connectivity index (χ0n) is 16.1. The third-order valence-electron chi connectivity index (χ3n) is 3.84. The van der Waals surface area contributed by atoms with Gasteiger partial charge in [-0.05, 0) is 42.0 Å². The van der Waals surface area contributed by atoms with E-state index in [1.54, 1.807) is 24.3 Å². The molecule has 0 aliphatic carbocycles. The molecule has 2 aromatic carbocycles. The van der Waals surface area contributed by atoms with Gasteiger partial charge in [0.25, 0.3) is 5.91 Å². The van der Waals surface area contributed by atoms with Crippen LogP contribution in [0.4, 0.5) is 5.69 Å². The summed E-state index contributed by atoms with van der Waals surface area (Å²) in [5.74, 6) is -0.552. The number of nitrogens with one attached hydrogen (secondary N) is 1. The highest BCUT2D eigenvalue weighted by atomic mass is 79.9. The second kappa shape index (κ2) is 10.5. The number of esters is 2. The van der Waals surface area contributed by atoms with Gasteiger partial charge < -0.3 is 24.3 Å². The Labute approximate surface area is 176 Å². The number of anilines is 1. The first-order chi connectivity index (χ1) is 13.9. The predicted octanol–water partition coefficient (Wildman–Crippen LogP) is 2.98. The largest absolute Gasteiger partial charge is 0.493 e. The van der Waals surface area contributed by atoms with Gasteiger partial charge in [-0.2, -0.15) is 0 Å². The molecule has 0 radical (unpaired) electrons. The molecule has 0 atom stereocenters. The molecule has 1 N–H and O–H groups in total. The van der Waals surface area contributed by atoms with E-state index in [0.717, 1.165) is 0 Å². The van der Waals surface area contributed by atoms with E-state index in [1.807, 2.05) is 0 Å². The highest BCUT2D eigenvalue weighted by Crippen LogP contribution is 2.33. The summed E-state index contributed by atoms with van der Waals surface area (Å²) >= 11 is 3.37. The summed E-state index contributed by atoms with van der Waals surface area (Å²) in [7, 11) is 4.29. The topological polar surface area (TPSA) is 100 Å². The second-order valence-electron chi connectivity index (χ2n) is 5.75. The number of benzene rings is 2. The summed E-state index contributed by atoms with van der Waals surface area (Å²) < 4.78 is 20.7. The van der Waals surface area contributed by atoms with Crippen molar-refractivity contribution < 1.29 is 33.3 Å². The van der Waals surface area contributed by atoms with E-state index < -0.39 is 24.5 Å². The van der Waals surface area contributed by atoms with Crippen molar-refractivity contribution >= 4 is 39.5 Å². The van der Waals surface area contributed by atoms with Crippen molar-refractivity contribution in [1.29, 1.82) is 0 Å². The predicted molar refractivity (Wildman–Crippen MR) is 108 cm³/mol. The average Bonchev–Trinajstić information content (AvgIpc) is 2.73. The number of ether oxygens (including phenoxy) is 4. The van der Waals surface area contributed by atoms with Crippen molar-refractivity contribution in [3.63, 3.8) is 0 Å². The van der Waals surface area contributed by atoms with Gasteiger partial charge in [0.05, 0.1) is 33.3 Å². The molecule has 2 aromatic rings. The molecule has 9 heteroatoms. The minimum atomic E-state index is -0.575. The highest BCUT2D eigenvalue weighted by Gasteiger charge is 2.15. The molecule has 0 saturated carbocycles. The molecule has 2 rings (SSSR count). The first-order valence-electron chi connectivity index (χ1n) is 8.42. The number of carbonyl (C=O) groups excluding carboxylic acids is 3. The van der Waals surface area contributed by atoms with E-state index in [2.05, 4.69) is 26.0 Å². The molecular weight excluding hydrogens is 446 g/mol. The Hall–Kier alpha value is -3.07. The standard InChI is InChI=1S/C20H20BrNO7/c1-26-16-8-13(15(21)10-17(16)27-2)9-19(24)29-11-18(23)22-14-6-4-12(5-7-14)20(25)28-3/h4-8,10H,9,11H2,1-3H3,(H,22,23). The molecule has 0 heterocycles. The Morgan fingerprint density at radius 3 is 2.17 bits per heavy atom. The van der Waals surface area contributed by atoms with Crippen molar-refractivity contribution in [2.24, 2.45) is 0 Å². The third-order valence-corrected chi connectivity index (χ3v) is 4.58. The van der Waals surface area contributed by atoms with Gasteiger partial charge in [0.1, 0.15) is 0 Å². The number of carbonyl (C=O) groups is 3. The Bertz CT molecular complexity index is 896. The fraction of sp³-hybridized carbons (Fsp3) is 0.250. The van der Waals surface area contributed by atoms with Gasteiger partial charge in [-0.15, -0.1) is 0 Å². The first-order valence-corrected chi connectivity index (χ1v) is 9.21. The molecule has 8 nitrogen and oxygen atoms in total. The smallest absolute Gasteiger partial charge is 0.337 e. The molecule has 0 fully saturated rings. The van der Waals surface area contributed by atoms with Crippen LogP contribution in [0.3, 0.4) is 0 Å². The number of methoxy groups -OCH3 is 3. The van der Waals surface area contributed by atoms with Crippen LogP contribution in [-0.2, 0) is 25.5 Å². The molecule has 0 aliphatic heterocycles. The van der Waals surface area contributed by atoms with E-state index in [1.165, 1.54) is 33.5 Å². The maximum atomic E-state index is 12.1. The molecule has 0 aliphatic rings.